The summed E-state index contributed by atoms with van der Waals surface area (Å²) in [6.45, 7) is 2.24. The first-order valence-electron chi connectivity index (χ1n) is 8.32. The number of nitrogens with zero attached hydrogens (tertiary/aromatic N) is 2. The topological polar surface area (TPSA) is 44.1 Å². The predicted molar refractivity (Wildman–Crippen MR) is 79.9 cm³/mol. The maximum Gasteiger partial charge on any atom is 0.226 e. The average molecular weight is 276 g/mol. The second-order valence-corrected chi connectivity index (χ2v) is 6.75. The number of hydrogen-bond acceptors (Lipinski definition) is 2. The highest BCUT2D eigenvalue weighted by Crippen LogP contribution is 2.39. The van der Waals surface area contributed by atoms with Gasteiger partial charge in [-0.25, -0.2) is 0 Å². The number of carbonyl (C=O) groups excluding carboxylic acids is 1. The van der Waals surface area contributed by atoms with Crippen molar-refractivity contribution >= 4 is 5.91 Å². The highest BCUT2D eigenvalue weighted by atomic mass is 16.2. The fourth-order valence-corrected chi connectivity index (χ4v) is 3.71. The third kappa shape index (κ3) is 3.00. The highest BCUT2D eigenvalue weighted by molar-refractivity contribution is 5.80. The molecule has 0 radical (unpaired) electrons. The molecule has 20 heavy (non-hydrogen) atoms. The molecule has 0 bridgehead atoms. The first-order valence-corrected chi connectivity index (χ1v) is 8.32. The molecule has 2 fully saturated rings. The molecular formula is C17H28N2O. The SMILES string of the molecule is CCCCC1CCC(C(=O)N(C)C2(C#N)CCC2)CC1. The first-order chi connectivity index (χ1) is 9.63. The molecule has 0 N–H and O–H groups in total. The van der Waals surface area contributed by atoms with Crippen molar-refractivity contribution in [2.24, 2.45) is 11.8 Å². The average Bonchev–Trinajstić information content (AvgIpc) is 2.44. The van der Waals surface area contributed by atoms with Crippen molar-refractivity contribution in [1.82, 2.24) is 4.90 Å². The molecule has 0 atom stereocenters. The standard InChI is InChI=1S/C17H28N2O/c1-3-4-6-14-7-9-15(10-8-14)16(20)19(2)17(13-18)11-5-12-17/h14-15H,3-12H2,1-2H3. The van der Waals surface area contributed by atoms with Crippen LogP contribution in [0.25, 0.3) is 0 Å². The molecule has 3 heteroatoms. The summed E-state index contributed by atoms with van der Waals surface area (Å²) in [5, 5.41) is 9.35. The second-order valence-electron chi connectivity index (χ2n) is 6.75. The van der Waals surface area contributed by atoms with Crippen molar-refractivity contribution in [2.75, 3.05) is 7.05 Å². The van der Waals surface area contributed by atoms with Crippen LogP contribution in [0.4, 0.5) is 0 Å². The zero-order valence-electron chi connectivity index (χ0n) is 13.0. The number of nitriles is 1. The number of unbranched alkanes of at least 4 members (excludes halogenated alkanes) is 1. The van der Waals surface area contributed by atoms with Crippen LogP contribution in [-0.4, -0.2) is 23.4 Å². The van der Waals surface area contributed by atoms with Crippen LogP contribution in [0.1, 0.15) is 71.1 Å². The van der Waals surface area contributed by atoms with Crippen LogP contribution in [0.15, 0.2) is 0 Å². The maximum absolute atomic E-state index is 12.6. The lowest BCUT2D eigenvalue weighted by atomic mass is 9.74. The summed E-state index contributed by atoms with van der Waals surface area (Å²) in [6, 6.07) is 2.38. The van der Waals surface area contributed by atoms with Gasteiger partial charge in [-0.1, -0.05) is 26.2 Å². The Bertz CT molecular complexity index is 373. The van der Waals surface area contributed by atoms with E-state index in [2.05, 4.69) is 13.0 Å². The summed E-state index contributed by atoms with van der Waals surface area (Å²) in [5.74, 6) is 1.22. The Morgan fingerprint density at radius 3 is 2.40 bits per heavy atom. The lowest BCUT2D eigenvalue weighted by Gasteiger charge is -2.44. The molecule has 2 aliphatic rings. The molecule has 0 heterocycles. The largest absolute Gasteiger partial charge is 0.327 e. The number of amides is 1. The van der Waals surface area contributed by atoms with Crippen LogP contribution >= 0.6 is 0 Å². The summed E-state index contributed by atoms with van der Waals surface area (Å²) in [4.78, 5) is 14.4. The highest BCUT2D eigenvalue weighted by Gasteiger charge is 2.45. The lowest BCUT2D eigenvalue weighted by Crippen LogP contribution is -2.55. The molecule has 2 saturated carbocycles. The Balaban J connectivity index is 1.84. The van der Waals surface area contributed by atoms with Crippen molar-refractivity contribution in [3.05, 3.63) is 0 Å². The number of rotatable bonds is 5. The van der Waals surface area contributed by atoms with E-state index in [1.807, 2.05) is 7.05 Å². The van der Waals surface area contributed by atoms with Gasteiger partial charge in [0, 0.05) is 13.0 Å². The number of carbonyl (C=O) groups is 1. The quantitative estimate of drug-likeness (QED) is 0.764. The molecule has 0 saturated heterocycles. The Kier molecular flexibility index (Phi) is 5.07. The molecule has 0 aliphatic heterocycles. The number of hydrogen-bond donors (Lipinski definition) is 0. The molecule has 3 nitrogen and oxygen atoms in total. The molecule has 0 unspecified atom stereocenters. The van der Waals surface area contributed by atoms with E-state index in [-0.39, 0.29) is 11.8 Å². The minimum Gasteiger partial charge on any atom is -0.327 e. The fourth-order valence-electron chi connectivity index (χ4n) is 3.71. The van der Waals surface area contributed by atoms with E-state index in [9.17, 15) is 10.1 Å². The Hall–Kier alpha value is -1.04. The van der Waals surface area contributed by atoms with Gasteiger partial charge in [0.15, 0.2) is 0 Å². The van der Waals surface area contributed by atoms with Gasteiger partial charge in [0.25, 0.3) is 0 Å². The van der Waals surface area contributed by atoms with Gasteiger partial charge in [-0.05, 0) is 50.9 Å². The Labute approximate surface area is 123 Å². The molecule has 1 amide bonds. The van der Waals surface area contributed by atoms with Crippen molar-refractivity contribution < 1.29 is 4.79 Å². The van der Waals surface area contributed by atoms with E-state index in [0.29, 0.717) is 0 Å². The molecule has 0 aromatic heterocycles. The van der Waals surface area contributed by atoms with Crippen LogP contribution in [-0.2, 0) is 4.79 Å². The Morgan fingerprint density at radius 1 is 1.30 bits per heavy atom. The second kappa shape index (κ2) is 6.61. The van der Waals surface area contributed by atoms with E-state index in [1.54, 1.807) is 4.90 Å². The summed E-state index contributed by atoms with van der Waals surface area (Å²) in [7, 11) is 1.84. The summed E-state index contributed by atoms with van der Waals surface area (Å²) in [6.07, 6.45) is 11.2. The molecule has 112 valence electrons. The maximum atomic E-state index is 12.6. The zero-order chi connectivity index (χ0) is 14.6. The van der Waals surface area contributed by atoms with Crippen molar-refractivity contribution in [3.8, 4) is 6.07 Å². The molecule has 0 aromatic carbocycles. The van der Waals surface area contributed by atoms with Crippen LogP contribution in [0.3, 0.4) is 0 Å². The predicted octanol–water partition coefficient (Wildman–Crippen LogP) is 3.89. The zero-order valence-corrected chi connectivity index (χ0v) is 13.0. The summed E-state index contributed by atoms with van der Waals surface area (Å²) in [5.41, 5.74) is -0.476. The first kappa shape index (κ1) is 15.4. The van der Waals surface area contributed by atoms with Gasteiger partial charge in [-0.15, -0.1) is 0 Å². The van der Waals surface area contributed by atoms with Crippen molar-refractivity contribution in [1.29, 1.82) is 5.26 Å². The van der Waals surface area contributed by atoms with Gasteiger partial charge in [-0.3, -0.25) is 4.79 Å². The van der Waals surface area contributed by atoms with Crippen LogP contribution in [0, 0.1) is 23.2 Å². The van der Waals surface area contributed by atoms with E-state index in [1.165, 1.54) is 32.1 Å². The normalized spacial score (nSPS) is 28.2. The molecule has 2 aliphatic carbocycles. The molecule has 2 rings (SSSR count). The fraction of sp³-hybridized carbons (Fsp3) is 0.882. The van der Waals surface area contributed by atoms with E-state index >= 15 is 0 Å². The van der Waals surface area contributed by atoms with Crippen LogP contribution < -0.4 is 0 Å². The van der Waals surface area contributed by atoms with Crippen LogP contribution in [0.5, 0.6) is 0 Å². The van der Waals surface area contributed by atoms with Gasteiger partial charge in [0.2, 0.25) is 5.91 Å². The van der Waals surface area contributed by atoms with E-state index in [0.717, 1.165) is 38.0 Å². The smallest absolute Gasteiger partial charge is 0.226 e. The van der Waals surface area contributed by atoms with Gasteiger partial charge in [0.05, 0.1) is 6.07 Å². The molecular weight excluding hydrogens is 248 g/mol. The van der Waals surface area contributed by atoms with Crippen molar-refractivity contribution in [2.45, 2.75) is 76.7 Å². The van der Waals surface area contributed by atoms with Crippen molar-refractivity contribution in [3.63, 3.8) is 0 Å². The van der Waals surface area contributed by atoms with Gasteiger partial charge < -0.3 is 4.90 Å². The summed E-state index contributed by atoms with van der Waals surface area (Å²) >= 11 is 0. The molecule has 0 aromatic rings. The van der Waals surface area contributed by atoms with Gasteiger partial charge in [-0.2, -0.15) is 5.26 Å². The third-order valence-electron chi connectivity index (χ3n) is 5.52. The minimum absolute atomic E-state index is 0.170. The monoisotopic (exact) mass is 276 g/mol. The van der Waals surface area contributed by atoms with E-state index in [4.69, 9.17) is 0 Å². The minimum atomic E-state index is -0.476. The summed E-state index contributed by atoms with van der Waals surface area (Å²) < 4.78 is 0. The van der Waals surface area contributed by atoms with Gasteiger partial charge >= 0.3 is 0 Å². The van der Waals surface area contributed by atoms with Gasteiger partial charge in [0.1, 0.15) is 5.54 Å². The Morgan fingerprint density at radius 2 is 1.95 bits per heavy atom. The molecule has 0 spiro atoms. The van der Waals surface area contributed by atoms with Crippen LogP contribution in [0.2, 0.25) is 0 Å². The van der Waals surface area contributed by atoms with E-state index < -0.39 is 5.54 Å². The third-order valence-corrected chi connectivity index (χ3v) is 5.52. The lowest BCUT2D eigenvalue weighted by molar-refractivity contribution is -0.142.